The lowest BCUT2D eigenvalue weighted by molar-refractivity contribution is 0.102. The molecule has 116 valence electrons. The second-order valence-corrected chi connectivity index (χ2v) is 4.99. The predicted octanol–water partition coefficient (Wildman–Crippen LogP) is 3.46. The maximum absolute atomic E-state index is 13.6. The van der Waals surface area contributed by atoms with Crippen LogP contribution in [0.15, 0.2) is 60.9 Å². The molecule has 1 heterocycles. The summed E-state index contributed by atoms with van der Waals surface area (Å²) in [5.74, 6) is -1.42. The lowest BCUT2D eigenvalue weighted by Gasteiger charge is -2.03. The summed E-state index contributed by atoms with van der Waals surface area (Å²) in [7, 11) is 0. The van der Waals surface area contributed by atoms with E-state index in [1.54, 1.807) is 29.1 Å². The van der Waals surface area contributed by atoms with Crippen molar-refractivity contribution in [2.75, 3.05) is 5.32 Å². The van der Waals surface area contributed by atoms with Crippen LogP contribution in [0.25, 0.3) is 0 Å². The van der Waals surface area contributed by atoms with Crippen molar-refractivity contribution in [3.05, 3.63) is 83.7 Å². The zero-order chi connectivity index (χ0) is 16.2. The molecule has 0 radical (unpaired) electrons. The van der Waals surface area contributed by atoms with Crippen molar-refractivity contribution in [2.24, 2.45) is 0 Å². The number of aromatic nitrogens is 2. The van der Waals surface area contributed by atoms with E-state index in [9.17, 15) is 13.6 Å². The standard InChI is InChI=1S/C17H13F2N3O/c18-13-7-5-12(6-8-13)10-22-11-14(9-20-22)21-17(23)15-3-1-2-4-16(15)19/h1-9,11H,10H2,(H,21,23). The summed E-state index contributed by atoms with van der Waals surface area (Å²) in [4.78, 5) is 12.0. The Bertz CT molecular complexity index is 828. The van der Waals surface area contributed by atoms with E-state index in [0.29, 0.717) is 12.2 Å². The van der Waals surface area contributed by atoms with Gasteiger partial charge in [0.25, 0.3) is 5.91 Å². The third kappa shape index (κ3) is 3.60. The number of carbonyl (C=O) groups excluding carboxylic acids is 1. The number of amides is 1. The lowest BCUT2D eigenvalue weighted by Crippen LogP contribution is -2.13. The van der Waals surface area contributed by atoms with E-state index in [4.69, 9.17) is 0 Å². The average Bonchev–Trinajstić information content (AvgIpc) is 2.97. The zero-order valence-electron chi connectivity index (χ0n) is 12.0. The van der Waals surface area contributed by atoms with Crippen molar-refractivity contribution < 1.29 is 13.6 Å². The normalized spacial score (nSPS) is 10.5. The Morgan fingerprint density at radius 2 is 1.83 bits per heavy atom. The molecule has 0 fully saturated rings. The number of rotatable bonds is 4. The smallest absolute Gasteiger partial charge is 0.258 e. The molecule has 23 heavy (non-hydrogen) atoms. The van der Waals surface area contributed by atoms with E-state index in [2.05, 4.69) is 10.4 Å². The minimum Gasteiger partial charge on any atom is -0.319 e. The van der Waals surface area contributed by atoms with Gasteiger partial charge in [-0.15, -0.1) is 0 Å². The fourth-order valence-electron chi connectivity index (χ4n) is 2.14. The minimum absolute atomic E-state index is 0.0289. The van der Waals surface area contributed by atoms with E-state index < -0.39 is 11.7 Å². The summed E-state index contributed by atoms with van der Waals surface area (Å²) in [5, 5.41) is 6.71. The van der Waals surface area contributed by atoms with Crippen LogP contribution >= 0.6 is 0 Å². The highest BCUT2D eigenvalue weighted by molar-refractivity contribution is 6.04. The van der Waals surface area contributed by atoms with Gasteiger partial charge in [-0.3, -0.25) is 9.48 Å². The molecule has 1 N–H and O–H groups in total. The third-order valence-corrected chi connectivity index (χ3v) is 3.27. The molecule has 0 bridgehead atoms. The second kappa shape index (κ2) is 6.39. The average molecular weight is 313 g/mol. The Kier molecular flexibility index (Phi) is 4.14. The van der Waals surface area contributed by atoms with Crippen molar-refractivity contribution in [3.63, 3.8) is 0 Å². The van der Waals surface area contributed by atoms with E-state index in [-0.39, 0.29) is 11.4 Å². The van der Waals surface area contributed by atoms with Crippen LogP contribution in [0.2, 0.25) is 0 Å². The van der Waals surface area contributed by atoms with Gasteiger partial charge in [0.2, 0.25) is 0 Å². The van der Waals surface area contributed by atoms with Crippen molar-refractivity contribution in [1.82, 2.24) is 9.78 Å². The molecule has 3 aromatic rings. The molecule has 0 atom stereocenters. The first-order valence-electron chi connectivity index (χ1n) is 6.94. The van der Waals surface area contributed by atoms with Gasteiger partial charge in [-0.05, 0) is 29.8 Å². The highest BCUT2D eigenvalue weighted by Crippen LogP contribution is 2.12. The number of nitrogens with one attached hydrogen (secondary N) is 1. The Balaban J connectivity index is 1.69. The van der Waals surface area contributed by atoms with Gasteiger partial charge in [-0.2, -0.15) is 5.10 Å². The fraction of sp³-hybridized carbons (Fsp3) is 0.0588. The van der Waals surface area contributed by atoms with Crippen LogP contribution in [-0.2, 0) is 6.54 Å². The van der Waals surface area contributed by atoms with Gasteiger partial charge >= 0.3 is 0 Å². The van der Waals surface area contributed by atoms with Crippen molar-refractivity contribution >= 4 is 11.6 Å². The van der Waals surface area contributed by atoms with Gasteiger partial charge in [-0.25, -0.2) is 8.78 Å². The van der Waals surface area contributed by atoms with Gasteiger partial charge in [0.1, 0.15) is 11.6 Å². The molecule has 0 saturated heterocycles. The molecule has 0 aliphatic carbocycles. The second-order valence-electron chi connectivity index (χ2n) is 4.99. The third-order valence-electron chi connectivity index (χ3n) is 3.27. The van der Waals surface area contributed by atoms with Gasteiger partial charge < -0.3 is 5.32 Å². The molecule has 0 aliphatic heterocycles. The Morgan fingerprint density at radius 3 is 2.57 bits per heavy atom. The molecule has 0 aliphatic rings. The number of carbonyl (C=O) groups is 1. The summed E-state index contributed by atoms with van der Waals surface area (Å²) < 4.78 is 28.0. The molecule has 6 heteroatoms. The first kappa shape index (κ1) is 14.9. The maximum Gasteiger partial charge on any atom is 0.258 e. The molecule has 3 rings (SSSR count). The summed E-state index contributed by atoms with van der Waals surface area (Å²) in [6, 6.07) is 11.8. The summed E-state index contributed by atoms with van der Waals surface area (Å²) in [6.07, 6.45) is 3.10. The maximum atomic E-state index is 13.6. The lowest BCUT2D eigenvalue weighted by atomic mass is 10.2. The quantitative estimate of drug-likeness (QED) is 0.802. The molecule has 0 saturated carbocycles. The van der Waals surface area contributed by atoms with Crippen molar-refractivity contribution in [1.29, 1.82) is 0 Å². The number of hydrogen-bond donors (Lipinski definition) is 1. The van der Waals surface area contributed by atoms with Gasteiger partial charge in [0.05, 0.1) is 24.0 Å². The largest absolute Gasteiger partial charge is 0.319 e. The van der Waals surface area contributed by atoms with Crippen LogP contribution in [0.3, 0.4) is 0 Å². The predicted molar refractivity (Wildman–Crippen MR) is 82.1 cm³/mol. The highest BCUT2D eigenvalue weighted by atomic mass is 19.1. The zero-order valence-corrected chi connectivity index (χ0v) is 12.0. The van der Waals surface area contributed by atoms with E-state index in [1.165, 1.54) is 36.5 Å². The summed E-state index contributed by atoms with van der Waals surface area (Å²) >= 11 is 0. The Hall–Kier alpha value is -3.02. The molecule has 4 nitrogen and oxygen atoms in total. The highest BCUT2D eigenvalue weighted by Gasteiger charge is 2.11. The van der Waals surface area contributed by atoms with Crippen LogP contribution in [-0.4, -0.2) is 15.7 Å². The molecular weight excluding hydrogens is 300 g/mol. The SMILES string of the molecule is O=C(Nc1cnn(Cc2ccc(F)cc2)c1)c1ccccc1F. The number of nitrogens with zero attached hydrogens (tertiary/aromatic N) is 2. The first-order valence-corrected chi connectivity index (χ1v) is 6.94. The number of anilines is 1. The Labute approximate surface area is 131 Å². The van der Waals surface area contributed by atoms with Gasteiger partial charge in [0, 0.05) is 6.20 Å². The van der Waals surface area contributed by atoms with Gasteiger partial charge in [0.15, 0.2) is 0 Å². The van der Waals surface area contributed by atoms with Crippen molar-refractivity contribution in [3.8, 4) is 0 Å². The van der Waals surface area contributed by atoms with E-state index in [0.717, 1.165) is 5.56 Å². The van der Waals surface area contributed by atoms with Crippen molar-refractivity contribution in [2.45, 2.75) is 6.54 Å². The van der Waals surface area contributed by atoms with Crippen LogP contribution in [0, 0.1) is 11.6 Å². The van der Waals surface area contributed by atoms with Crippen LogP contribution in [0.1, 0.15) is 15.9 Å². The molecule has 1 aromatic heterocycles. The molecule has 0 unspecified atom stereocenters. The number of hydrogen-bond acceptors (Lipinski definition) is 2. The van der Waals surface area contributed by atoms with Crippen LogP contribution in [0.4, 0.5) is 14.5 Å². The van der Waals surface area contributed by atoms with E-state index >= 15 is 0 Å². The van der Waals surface area contributed by atoms with Gasteiger partial charge in [-0.1, -0.05) is 24.3 Å². The topological polar surface area (TPSA) is 46.9 Å². The van der Waals surface area contributed by atoms with Crippen LogP contribution in [0.5, 0.6) is 0 Å². The Morgan fingerprint density at radius 1 is 1.09 bits per heavy atom. The van der Waals surface area contributed by atoms with E-state index in [1.807, 2.05) is 0 Å². The monoisotopic (exact) mass is 313 g/mol. The minimum atomic E-state index is -0.580. The molecule has 0 spiro atoms. The summed E-state index contributed by atoms with van der Waals surface area (Å²) in [6.45, 7) is 0.440. The molecule has 1 amide bonds. The van der Waals surface area contributed by atoms with Crippen LogP contribution < -0.4 is 5.32 Å². The number of benzene rings is 2. The summed E-state index contributed by atoms with van der Waals surface area (Å²) in [5.41, 5.74) is 1.31. The molecular formula is C17H13F2N3O. The fourth-order valence-corrected chi connectivity index (χ4v) is 2.14. The number of halogens is 2. The molecule has 2 aromatic carbocycles. The first-order chi connectivity index (χ1) is 11.1.